The Morgan fingerprint density at radius 1 is 1.42 bits per heavy atom. The molecule has 0 aliphatic heterocycles. The Kier molecular flexibility index (Phi) is 3.94. The van der Waals surface area contributed by atoms with Crippen LogP contribution in [0, 0.1) is 6.92 Å². The second kappa shape index (κ2) is 5.65. The van der Waals surface area contributed by atoms with Crippen molar-refractivity contribution in [1.29, 1.82) is 0 Å². The van der Waals surface area contributed by atoms with E-state index in [1.54, 1.807) is 13.0 Å². The van der Waals surface area contributed by atoms with Crippen LogP contribution in [0.25, 0.3) is 11.7 Å². The van der Waals surface area contributed by atoms with E-state index in [1.165, 1.54) is 6.08 Å². The van der Waals surface area contributed by atoms with Gasteiger partial charge in [0.1, 0.15) is 5.82 Å². The van der Waals surface area contributed by atoms with Crippen LogP contribution in [0.5, 0.6) is 0 Å². The second-order valence-electron chi connectivity index (χ2n) is 4.14. The number of carbonyl (C=O) groups excluding carboxylic acids is 1. The van der Waals surface area contributed by atoms with Crippen molar-refractivity contribution in [1.82, 2.24) is 14.6 Å². The van der Waals surface area contributed by atoms with E-state index in [4.69, 9.17) is 4.74 Å². The molecule has 0 spiro atoms. The van der Waals surface area contributed by atoms with Crippen LogP contribution in [0.4, 0.5) is 0 Å². The molecule has 5 heteroatoms. The van der Waals surface area contributed by atoms with Gasteiger partial charge in [0.05, 0.1) is 6.61 Å². The predicted molar refractivity (Wildman–Crippen MR) is 72.8 cm³/mol. The minimum absolute atomic E-state index is 0.336. The molecule has 2 heterocycles. The van der Waals surface area contributed by atoms with Crippen molar-refractivity contribution in [2.75, 3.05) is 6.61 Å². The zero-order valence-electron chi connectivity index (χ0n) is 11.4. The van der Waals surface area contributed by atoms with Crippen LogP contribution in [0.1, 0.15) is 30.8 Å². The van der Waals surface area contributed by atoms with Crippen molar-refractivity contribution in [3.63, 3.8) is 0 Å². The van der Waals surface area contributed by atoms with Gasteiger partial charge in [-0.05, 0) is 31.6 Å². The molecular formula is C14H17N3O2. The lowest BCUT2D eigenvalue weighted by Gasteiger charge is -2.03. The largest absolute Gasteiger partial charge is 0.463 e. The van der Waals surface area contributed by atoms with Crippen LogP contribution in [-0.2, 0) is 16.0 Å². The van der Waals surface area contributed by atoms with E-state index >= 15 is 0 Å². The van der Waals surface area contributed by atoms with Crippen molar-refractivity contribution < 1.29 is 9.53 Å². The molecule has 0 amide bonds. The number of hydrogen-bond acceptors (Lipinski definition) is 4. The van der Waals surface area contributed by atoms with Gasteiger partial charge in [0, 0.05) is 24.3 Å². The lowest BCUT2D eigenvalue weighted by molar-refractivity contribution is -0.137. The highest BCUT2D eigenvalue weighted by molar-refractivity contribution is 5.87. The third-order valence-electron chi connectivity index (χ3n) is 2.94. The highest BCUT2D eigenvalue weighted by Crippen LogP contribution is 2.16. The van der Waals surface area contributed by atoms with Gasteiger partial charge in [0.15, 0.2) is 5.65 Å². The number of pyridine rings is 1. The fraction of sp³-hybridized carbons (Fsp3) is 0.357. The topological polar surface area (TPSA) is 56.5 Å². The smallest absolute Gasteiger partial charge is 0.330 e. The molecule has 100 valence electrons. The van der Waals surface area contributed by atoms with Gasteiger partial charge < -0.3 is 4.74 Å². The summed E-state index contributed by atoms with van der Waals surface area (Å²) in [6.45, 7) is 6.17. The first-order chi connectivity index (χ1) is 9.17. The summed E-state index contributed by atoms with van der Waals surface area (Å²) in [5.41, 5.74) is 2.76. The van der Waals surface area contributed by atoms with Gasteiger partial charge in [-0.1, -0.05) is 6.92 Å². The molecular weight excluding hydrogens is 242 g/mol. The van der Waals surface area contributed by atoms with E-state index < -0.39 is 0 Å². The summed E-state index contributed by atoms with van der Waals surface area (Å²) in [5, 5.41) is 8.31. The Morgan fingerprint density at radius 2 is 2.21 bits per heavy atom. The maximum absolute atomic E-state index is 11.3. The highest BCUT2D eigenvalue weighted by atomic mass is 16.5. The number of esters is 1. The lowest BCUT2D eigenvalue weighted by Crippen LogP contribution is -1.99. The molecule has 0 aliphatic carbocycles. The molecule has 0 aromatic carbocycles. The number of hydrogen-bond donors (Lipinski definition) is 0. The van der Waals surface area contributed by atoms with Gasteiger partial charge in [-0.25, -0.2) is 4.79 Å². The number of carbonyl (C=O) groups is 1. The van der Waals surface area contributed by atoms with Crippen LogP contribution in [0.15, 0.2) is 18.3 Å². The maximum atomic E-state index is 11.3. The molecule has 19 heavy (non-hydrogen) atoms. The molecule has 0 radical (unpaired) electrons. The third kappa shape index (κ3) is 2.65. The number of ether oxygens (including phenoxy) is 1. The normalized spacial score (nSPS) is 11.3. The van der Waals surface area contributed by atoms with Crippen LogP contribution in [0.2, 0.25) is 0 Å². The van der Waals surface area contributed by atoms with Gasteiger partial charge in [-0.2, -0.15) is 0 Å². The summed E-state index contributed by atoms with van der Waals surface area (Å²) in [4.78, 5) is 11.3. The van der Waals surface area contributed by atoms with Crippen LogP contribution in [-0.4, -0.2) is 27.2 Å². The number of fused-ring (bicyclic) bond motifs is 1. The Morgan fingerprint density at radius 3 is 2.89 bits per heavy atom. The van der Waals surface area contributed by atoms with E-state index in [1.807, 2.05) is 30.5 Å². The molecule has 0 unspecified atom stereocenters. The summed E-state index contributed by atoms with van der Waals surface area (Å²) in [5.74, 6) is 0.594. The molecule has 0 bridgehead atoms. The van der Waals surface area contributed by atoms with Crippen molar-refractivity contribution >= 4 is 17.7 Å². The summed E-state index contributed by atoms with van der Waals surface area (Å²) in [7, 11) is 0. The molecule has 5 nitrogen and oxygen atoms in total. The summed E-state index contributed by atoms with van der Waals surface area (Å²) >= 11 is 0. The Labute approximate surface area is 111 Å². The number of aryl methyl sites for hydroxylation is 2. The second-order valence-corrected chi connectivity index (χ2v) is 4.14. The zero-order valence-corrected chi connectivity index (χ0v) is 11.4. The quantitative estimate of drug-likeness (QED) is 0.623. The number of aromatic nitrogens is 3. The van der Waals surface area contributed by atoms with E-state index in [0.717, 1.165) is 29.0 Å². The predicted octanol–water partition coefficient (Wildman–Crippen LogP) is 2.18. The molecule has 2 aromatic rings. The van der Waals surface area contributed by atoms with Gasteiger partial charge in [0.2, 0.25) is 0 Å². The SMILES string of the molecule is CCOC(=O)/C=C/c1ccn2c(CC)nnc2c1C. The van der Waals surface area contributed by atoms with E-state index in [0.29, 0.717) is 6.61 Å². The fourth-order valence-electron chi connectivity index (χ4n) is 1.91. The van der Waals surface area contributed by atoms with Gasteiger partial charge >= 0.3 is 5.97 Å². The van der Waals surface area contributed by atoms with Gasteiger partial charge in [0.25, 0.3) is 0 Å². The Bertz CT molecular complexity index is 629. The molecule has 0 aliphatic rings. The summed E-state index contributed by atoms with van der Waals surface area (Å²) in [6.07, 6.45) is 5.93. The van der Waals surface area contributed by atoms with E-state index in [-0.39, 0.29) is 5.97 Å². The Balaban J connectivity index is 2.35. The summed E-state index contributed by atoms with van der Waals surface area (Å²) < 4.78 is 6.82. The first-order valence-corrected chi connectivity index (χ1v) is 6.35. The van der Waals surface area contributed by atoms with Crippen LogP contribution >= 0.6 is 0 Å². The highest BCUT2D eigenvalue weighted by Gasteiger charge is 2.08. The molecule has 0 N–H and O–H groups in total. The van der Waals surface area contributed by atoms with E-state index in [2.05, 4.69) is 10.2 Å². The van der Waals surface area contributed by atoms with Gasteiger partial charge in [-0.15, -0.1) is 10.2 Å². The monoisotopic (exact) mass is 259 g/mol. The number of nitrogens with zero attached hydrogens (tertiary/aromatic N) is 3. The average molecular weight is 259 g/mol. The lowest BCUT2D eigenvalue weighted by atomic mass is 10.1. The number of rotatable bonds is 4. The molecule has 0 atom stereocenters. The standard InChI is InChI=1S/C14H17N3O2/c1-4-12-15-16-14-10(3)11(8-9-17(12)14)6-7-13(18)19-5-2/h6-9H,4-5H2,1-3H3/b7-6+. The molecule has 2 rings (SSSR count). The van der Waals surface area contributed by atoms with Crippen LogP contribution in [0.3, 0.4) is 0 Å². The Hall–Kier alpha value is -2.17. The molecule has 0 saturated carbocycles. The maximum Gasteiger partial charge on any atom is 0.330 e. The average Bonchev–Trinajstić information content (AvgIpc) is 2.82. The van der Waals surface area contributed by atoms with Crippen molar-refractivity contribution in [3.05, 3.63) is 35.3 Å². The molecule has 2 aromatic heterocycles. The van der Waals surface area contributed by atoms with Crippen LogP contribution < -0.4 is 0 Å². The zero-order chi connectivity index (χ0) is 13.8. The van der Waals surface area contributed by atoms with Crippen molar-refractivity contribution in [2.45, 2.75) is 27.2 Å². The van der Waals surface area contributed by atoms with Crippen molar-refractivity contribution in [3.8, 4) is 0 Å². The fourth-order valence-corrected chi connectivity index (χ4v) is 1.91. The molecule has 0 fully saturated rings. The third-order valence-corrected chi connectivity index (χ3v) is 2.94. The van der Waals surface area contributed by atoms with Crippen molar-refractivity contribution in [2.24, 2.45) is 0 Å². The summed E-state index contributed by atoms with van der Waals surface area (Å²) in [6, 6.07) is 1.95. The first-order valence-electron chi connectivity index (χ1n) is 6.35. The van der Waals surface area contributed by atoms with Gasteiger partial charge in [-0.3, -0.25) is 4.40 Å². The molecule has 0 saturated heterocycles. The van der Waals surface area contributed by atoms with E-state index in [9.17, 15) is 4.79 Å². The minimum Gasteiger partial charge on any atom is -0.463 e. The minimum atomic E-state index is -0.336. The first kappa shape index (κ1) is 13.3.